The van der Waals surface area contributed by atoms with Crippen LogP contribution in [-0.4, -0.2) is 75.6 Å². The number of nitrogens with zero attached hydrogens (tertiary/aromatic N) is 5. The molecule has 1 saturated carbocycles. The van der Waals surface area contributed by atoms with Crippen LogP contribution in [-0.2, 0) is 10.0 Å². The molecule has 1 aromatic carbocycles. The maximum atomic E-state index is 13.2. The van der Waals surface area contributed by atoms with Crippen molar-refractivity contribution in [1.29, 1.82) is 0 Å². The molecule has 3 heterocycles. The zero-order valence-corrected chi connectivity index (χ0v) is 21.4. The number of benzene rings is 1. The second-order valence-corrected chi connectivity index (χ2v) is 12.6. The minimum absolute atomic E-state index is 0.224. The van der Waals surface area contributed by atoms with Crippen molar-refractivity contribution in [3.05, 3.63) is 48.4 Å². The molecule has 1 aliphatic heterocycles. The van der Waals surface area contributed by atoms with Crippen LogP contribution in [0.5, 0.6) is 0 Å². The lowest BCUT2D eigenvalue weighted by molar-refractivity contribution is 0.156. The van der Waals surface area contributed by atoms with Gasteiger partial charge in [0.25, 0.3) is 10.0 Å². The average molecular weight is 516 g/mol. The molecule has 11 heteroatoms. The molecule has 1 amide bonds. The van der Waals surface area contributed by atoms with Crippen LogP contribution < -0.4 is 4.90 Å². The average Bonchev–Trinajstić information content (AvgIpc) is 3.46. The molecule has 2 aromatic heterocycles. The Morgan fingerprint density at radius 3 is 2.63 bits per heavy atom. The number of rotatable bonds is 7. The topological polar surface area (TPSA) is 109 Å². The predicted octanol–water partition coefficient (Wildman–Crippen LogP) is 3.68. The van der Waals surface area contributed by atoms with Gasteiger partial charge in [-0.3, -0.25) is 0 Å². The molecule has 1 saturated heterocycles. The number of aromatic nitrogens is 3. The summed E-state index contributed by atoms with van der Waals surface area (Å²) in [5, 5.41) is 10.2. The van der Waals surface area contributed by atoms with E-state index >= 15 is 0 Å². The van der Waals surface area contributed by atoms with E-state index < -0.39 is 16.1 Å². The molecular weight excluding hydrogens is 486 g/mol. The monoisotopic (exact) mass is 515 g/mol. The number of hydrogen-bond acceptors (Lipinski definition) is 7. The van der Waals surface area contributed by atoms with Gasteiger partial charge in [-0.15, -0.1) is 0 Å². The quantitative estimate of drug-likeness (QED) is 0.508. The predicted molar refractivity (Wildman–Crippen MR) is 137 cm³/mol. The highest BCUT2D eigenvalue weighted by molar-refractivity contribution is 7.99. The lowest BCUT2D eigenvalue weighted by Crippen LogP contribution is -2.44. The van der Waals surface area contributed by atoms with Gasteiger partial charge < -0.3 is 14.9 Å². The van der Waals surface area contributed by atoms with Gasteiger partial charge in [-0.25, -0.2) is 27.2 Å². The first-order valence-corrected chi connectivity index (χ1v) is 14.2. The molecule has 2 fully saturated rings. The van der Waals surface area contributed by atoms with E-state index in [4.69, 9.17) is 5.11 Å². The largest absolute Gasteiger partial charge is 0.465 e. The molecule has 5 rings (SSSR count). The van der Waals surface area contributed by atoms with Crippen LogP contribution in [0.3, 0.4) is 0 Å². The molecule has 9 nitrogen and oxygen atoms in total. The van der Waals surface area contributed by atoms with Crippen LogP contribution in [0.1, 0.15) is 24.8 Å². The maximum absolute atomic E-state index is 13.2. The Hall–Kier alpha value is -2.79. The lowest BCUT2D eigenvalue weighted by atomic mass is 9.81. The third-order valence-electron chi connectivity index (χ3n) is 7.08. The smallest absolute Gasteiger partial charge is 0.407 e. The molecule has 1 atom stereocenters. The van der Waals surface area contributed by atoms with Crippen molar-refractivity contribution in [2.45, 2.75) is 42.4 Å². The minimum Gasteiger partial charge on any atom is -0.465 e. The van der Waals surface area contributed by atoms with E-state index in [0.717, 1.165) is 36.4 Å². The summed E-state index contributed by atoms with van der Waals surface area (Å²) in [5.41, 5.74) is 1.37. The summed E-state index contributed by atoms with van der Waals surface area (Å²) >= 11 is 1.89. The highest BCUT2D eigenvalue weighted by atomic mass is 32.2. The molecule has 1 unspecified atom stereocenters. The third-order valence-corrected chi connectivity index (χ3v) is 10.3. The van der Waals surface area contributed by atoms with Crippen molar-refractivity contribution in [1.82, 2.24) is 18.8 Å². The second kappa shape index (κ2) is 9.34. The fourth-order valence-electron chi connectivity index (χ4n) is 4.85. The number of fused-ring (bicyclic) bond motifs is 1. The Labute approximate surface area is 209 Å². The number of amides is 1. The minimum atomic E-state index is -3.76. The summed E-state index contributed by atoms with van der Waals surface area (Å²) in [6, 6.07) is 8.90. The molecule has 1 aliphatic carbocycles. The Morgan fingerprint density at radius 2 is 1.94 bits per heavy atom. The highest BCUT2D eigenvalue weighted by Crippen LogP contribution is 2.38. The number of thioether (sulfide) groups is 1. The molecular formula is C24H29N5O4S2. The normalized spacial score (nSPS) is 22.3. The van der Waals surface area contributed by atoms with E-state index in [1.54, 1.807) is 36.5 Å². The zero-order valence-electron chi connectivity index (χ0n) is 19.7. The van der Waals surface area contributed by atoms with Gasteiger partial charge in [0, 0.05) is 37.6 Å². The van der Waals surface area contributed by atoms with Gasteiger partial charge >= 0.3 is 6.09 Å². The standard InChI is InChI=1S/C24H29N5O4S2/c1-16-3-5-20(6-4-16)35(32,33)29-10-8-21-22(25-15-26-23(21)29)27(2)18-11-17(12-18)14-34-19-7-9-28(13-19)24(30)31/h3-6,8,10,15,17-19H,7,9,11-14H2,1-2H3,(H,30,31)/t17-,18+,19?. The fourth-order valence-corrected chi connectivity index (χ4v) is 7.52. The van der Waals surface area contributed by atoms with E-state index in [1.165, 1.54) is 15.2 Å². The van der Waals surface area contributed by atoms with Gasteiger partial charge in [0.15, 0.2) is 5.65 Å². The van der Waals surface area contributed by atoms with E-state index in [1.807, 2.05) is 25.7 Å². The number of hydrogen-bond donors (Lipinski definition) is 1. The van der Waals surface area contributed by atoms with Gasteiger partial charge in [-0.05, 0) is 56.1 Å². The molecule has 2 aliphatic rings. The third kappa shape index (κ3) is 4.58. The van der Waals surface area contributed by atoms with Gasteiger partial charge in [-0.2, -0.15) is 11.8 Å². The first-order chi connectivity index (χ1) is 16.7. The van der Waals surface area contributed by atoms with Gasteiger partial charge in [0.05, 0.1) is 10.3 Å². The molecule has 1 N–H and O–H groups in total. The van der Waals surface area contributed by atoms with E-state index in [9.17, 15) is 13.2 Å². The first-order valence-electron chi connectivity index (χ1n) is 11.7. The summed E-state index contributed by atoms with van der Waals surface area (Å²) < 4.78 is 27.7. The number of anilines is 1. The summed E-state index contributed by atoms with van der Waals surface area (Å²) in [5.74, 6) is 2.36. The SMILES string of the molecule is Cc1ccc(S(=O)(=O)n2ccc3c(N(C)[C@H]4C[C@@H](CSC5CCN(C(=O)O)C5)C4)ncnc32)cc1. The Kier molecular flexibility index (Phi) is 6.39. The van der Waals surface area contributed by atoms with Crippen LogP contribution in [0.2, 0.25) is 0 Å². The van der Waals surface area contributed by atoms with E-state index in [2.05, 4.69) is 14.9 Å². The summed E-state index contributed by atoms with van der Waals surface area (Å²) in [6.07, 6.45) is 5.15. The van der Waals surface area contributed by atoms with Crippen molar-refractivity contribution in [3.8, 4) is 0 Å². The number of aryl methyl sites for hydroxylation is 1. The summed E-state index contributed by atoms with van der Waals surface area (Å²) in [4.78, 5) is 23.8. The molecule has 0 bridgehead atoms. The van der Waals surface area contributed by atoms with Crippen LogP contribution in [0, 0.1) is 12.8 Å². The molecule has 35 heavy (non-hydrogen) atoms. The van der Waals surface area contributed by atoms with Crippen LogP contribution in [0.4, 0.5) is 10.6 Å². The number of likely N-dealkylation sites (tertiary alicyclic amines) is 1. The molecule has 0 radical (unpaired) electrons. The maximum Gasteiger partial charge on any atom is 0.407 e. The van der Waals surface area contributed by atoms with Crippen molar-refractivity contribution in [2.75, 3.05) is 30.8 Å². The van der Waals surface area contributed by atoms with Gasteiger partial charge in [-0.1, -0.05) is 17.7 Å². The van der Waals surface area contributed by atoms with Crippen molar-refractivity contribution in [3.63, 3.8) is 0 Å². The Bertz CT molecular complexity index is 1340. The second-order valence-electron chi connectivity index (χ2n) is 9.44. The van der Waals surface area contributed by atoms with E-state index in [-0.39, 0.29) is 4.90 Å². The number of carboxylic acid groups (broad SMARTS) is 1. The van der Waals surface area contributed by atoms with Gasteiger partial charge in [0.2, 0.25) is 0 Å². The van der Waals surface area contributed by atoms with Crippen LogP contribution in [0.25, 0.3) is 11.0 Å². The molecule has 186 valence electrons. The Balaban J connectivity index is 1.25. The highest BCUT2D eigenvalue weighted by Gasteiger charge is 2.35. The fraction of sp³-hybridized carbons (Fsp3) is 0.458. The van der Waals surface area contributed by atoms with Crippen molar-refractivity contribution >= 4 is 44.7 Å². The lowest BCUT2D eigenvalue weighted by Gasteiger charge is -2.42. The molecule has 0 spiro atoms. The van der Waals surface area contributed by atoms with Crippen LogP contribution >= 0.6 is 11.8 Å². The van der Waals surface area contributed by atoms with Crippen molar-refractivity contribution in [2.24, 2.45) is 5.92 Å². The molecule has 3 aromatic rings. The first kappa shape index (κ1) is 23.9. The van der Waals surface area contributed by atoms with Crippen LogP contribution in [0.15, 0.2) is 47.8 Å². The van der Waals surface area contributed by atoms with E-state index in [0.29, 0.717) is 41.3 Å². The van der Waals surface area contributed by atoms with Gasteiger partial charge in [0.1, 0.15) is 12.1 Å². The zero-order chi connectivity index (χ0) is 24.7. The summed E-state index contributed by atoms with van der Waals surface area (Å²) in [7, 11) is -1.76. The number of carbonyl (C=O) groups is 1. The van der Waals surface area contributed by atoms with Crippen molar-refractivity contribution < 1.29 is 18.3 Å². The Morgan fingerprint density at radius 1 is 1.20 bits per heavy atom. The summed E-state index contributed by atoms with van der Waals surface area (Å²) in [6.45, 7) is 3.17.